The van der Waals surface area contributed by atoms with E-state index in [0.29, 0.717) is 22.5 Å². The van der Waals surface area contributed by atoms with Gasteiger partial charge in [0, 0.05) is 45.0 Å². The molecular formula is C24H19F3N6O4. The summed E-state index contributed by atoms with van der Waals surface area (Å²) < 4.78 is 46.7. The van der Waals surface area contributed by atoms with Crippen molar-refractivity contribution in [2.45, 2.75) is 6.36 Å². The standard InChI is InChI=1S/C24H19F3N6O4/c1-32(2)22(35)20-13-17(10-11-28-20)36-16-8-9-18-19(12-16)29-23(31-30-18)33(3)21(34)14-4-6-15(7-5-14)37-24(25,26)27/h4-13H,1-3H3. The summed E-state index contributed by atoms with van der Waals surface area (Å²) in [6, 6.07) is 12.4. The summed E-state index contributed by atoms with van der Waals surface area (Å²) in [7, 11) is 4.64. The van der Waals surface area contributed by atoms with Crippen molar-refractivity contribution in [3.05, 3.63) is 72.1 Å². The van der Waals surface area contributed by atoms with Crippen molar-refractivity contribution in [1.82, 2.24) is 25.1 Å². The van der Waals surface area contributed by atoms with E-state index in [2.05, 4.69) is 24.9 Å². The van der Waals surface area contributed by atoms with Gasteiger partial charge in [-0.05, 0) is 42.5 Å². The molecule has 0 spiro atoms. The number of amides is 2. The van der Waals surface area contributed by atoms with Crippen LogP contribution < -0.4 is 14.4 Å². The van der Waals surface area contributed by atoms with Crippen LogP contribution in [0.15, 0.2) is 60.8 Å². The van der Waals surface area contributed by atoms with Crippen LogP contribution in [0.3, 0.4) is 0 Å². The van der Waals surface area contributed by atoms with Gasteiger partial charge < -0.3 is 14.4 Å². The van der Waals surface area contributed by atoms with Gasteiger partial charge in [0.15, 0.2) is 0 Å². The molecule has 10 nitrogen and oxygen atoms in total. The molecule has 0 aliphatic heterocycles. The molecule has 0 atom stereocenters. The number of nitrogens with zero attached hydrogens (tertiary/aromatic N) is 6. The van der Waals surface area contributed by atoms with Crippen LogP contribution in [0.2, 0.25) is 0 Å². The van der Waals surface area contributed by atoms with Gasteiger partial charge in [-0.1, -0.05) is 0 Å². The summed E-state index contributed by atoms with van der Waals surface area (Å²) in [5.74, 6) is -0.555. The van der Waals surface area contributed by atoms with Gasteiger partial charge in [-0.15, -0.1) is 23.4 Å². The van der Waals surface area contributed by atoms with Gasteiger partial charge in [0.25, 0.3) is 17.8 Å². The Hall–Kier alpha value is -4.81. The molecular weight excluding hydrogens is 493 g/mol. The van der Waals surface area contributed by atoms with Gasteiger partial charge >= 0.3 is 6.36 Å². The fourth-order valence-electron chi connectivity index (χ4n) is 3.15. The predicted octanol–water partition coefficient (Wildman–Crippen LogP) is 4.09. The Labute approximate surface area is 208 Å². The van der Waals surface area contributed by atoms with Gasteiger partial charge in [-0.3, -0.25) is 19.5 Å². The zero-order chi connectivity index (χ0) is 26.7. The van der Waals surface area contributed by atoms with Crippen LogP contribution in [0, 0.1) is 0 Å². The van der Waals surface area contributed by atoms with E-state index in [0.717, 1.165) is 17.0 Å². The van der Waals surface area contributed by atoms with Gasteiger partial charge in [0.1, 0.15) is 28.5 Å². The van der Waals surface area contributed by atoms with Crippen LogP contribution in [-0.2, 0) is 0 Å². The Morgan fingerprint density at radius 3 is 2.16 bits per heavy atom. The lowest BCUT2D eigenvalue weighted by atomic mass is 10.2. The average molecular weight is 512 g/mol. The predicted molar refractivity (Wildman–Crippen MR) is 126 cm³/mol. The SMILES string of the molecule is CN(C)C(=O)c1cc(Oc2ccc3nnc(N(C)C(=O)c4ccc(OC(F)(F)F)cc4)nc3c2)ccn1. The Morgan fingerprint density at radius 2 is 1.49 bits per heavy atom. The monoisotopic (exact) mass is 512 g/mol. The molecule has 0 unspecified atom stereocenters. The van der Waals surface area contributed by atoms with Crippen LogP contribution >= 0.6 is 0 Å². The number of fused-ring (bicyclic) bond motifs is 1. The fourth-order valence-corrected chi connectivity index (χ4v) is 3.15. The third kappa shape index (κ3) is 6.07. The number of hydrogen-bond acceptors (Lipinski definition) is 8. The van der Waals surface area contributed by atoms with Crippen molar-refractivity contribution in [3.63, 3.8) is 0 Å². The van der Waals surface area contributed by atoms with Gasteiger partial charge in [-0.2, -0.15) is 0 Å². The molecule has 0 radical (unpaired) electrons. The number of carbonyl (C=O) groups is 2. The summed E-state index contributed by atoms with van der Waals surface area (Å²) >= 11 is 0. The third-order valence-electron chi connectivity index (χ3n) is 4.95. The van der Waals surface area contributed by atoms with Crippen molar-refractivity contribution < 1.29 is 32.2 Å². The maximum atomic E-state index is 12.8. The Balaban J connectivity index is 1.54. The van der Waals surface area contributed by atoms with Gasteiger partial charge in [0.05, 0.1) is 5.52 Å². The quantitative estimate of drug-likeness (QED) is 0.380. The average Bonchev–Trinajstić information content (AvgIpc) is 2.86. The van der Waals surface area contributed by atoms with Gasteiger partial charge in [-0.25, -0.2) is 4.98 Å². The molecule has 2 aromatic heterocycles. The highest BCUT2D eigenvalue weighted by Gasteiger charge is 2.31. The van der Waals surface area contributed by atoms with E-state index in [9.17, 15) is 22.8 Å². The van der Waals surface area contributed by atoms with E-state index >= 15 is 0 Å². The molecule has 4 rings (SSSR count). The molecule has 2 aromatic carbocycles. The number of aromatic nitrogens is 4. The molecule has 190 valence electrons. The summed E-state index contributed by atoms with van der Waals surface area (Å²) in [6.45, 7) is 0. The Kier molecular flexibility index (Phi) is 6.87. The first-order chi connectivity index (χ1) is 17.5. The number of benzene rings is 2. The van der Waals surface area contributed by atoms with E-state index < -0.39 is 18.0 Å². The molecule has 4 aromatic rings. The van der Waals surface area contributed by atoms with E-state index in [-0.39, 0.29) is 23.1 Å². The summed E-state index contributed by atoms with van der Waals surface area (Å²) in [5.41, 5.74) is 1.12. The van der Waals surface area contributed by atoms with E-state index in [4.69, 9.17) is 4.74 Å². The molecule has 0 fully saturated rings. The second-order valence-electron chi connectivity index (χ2n) is 7.88. The zero-order valence-corrected chi connectivity index (χ0v) is 19.7. The Morgan fingerprint density at radius 1 is 0.811 bits per heavy atom. The van der Waals surface area contributed by atoms with Crippen LogP contribution in [-0.4, -0.2) is 64.4 Å². The topological polar surface area (TPSA) is 111 Å². The number of ether oxygens (including phenoxy) is 2. The largest absolute Gasteiger partial charge is 0.573 e. The Bertz CT molecular complexity index is 1460. The summed E-state index contributed by atoms with van der Waals surface area (Å²) in [5, 5.41) is 8.03. The fraction of sp³-hybridized carbons (Fsp3) is 0.167. The summed E-state index contributed by atoms with van der Waals surface area (Å²) in [4.78, 5) is 35.9. The summed E-state index contributed by atoms with van der Waals surface area (Å²) in [6.07, 6.45) is -3.38. The molecule has 37 heavy (non-hydrogen) atoms. The number of hydrogen-bond donors (Lipinski definition) is 0. The molecule has 0 saturated heterocycles. The number of halogens is 3. The van der Waals surface area contributed by atoms with E-state index in [1.54, 1.807) is 38.4 Å². The molecule has 0 N–H and O–H groups in total. The van der Waals surface area contributed by atoms with E-state index in [1.165, 1.54) is 36.3 Å². The molecule has 0 aliphatic rings. The van der Waals surface area contributed by atoms with E-state index in [1.807, 2.05) is 0 Å². The second-order valence-corrected chi connectivity index (χ2v) is 7.88. The lowest BCUT2D eigenvalue weighted by Crippen LogP contribution is -2.28. The molecule has 2 amide bonds. The highest BCUT2D eigenvalue weighted by atomic mass is 19.4. The first-order valence-electron chi connectivity index (χ1n) is 10.6. The first kappa shape index (κ1) is 25.3. The molecule has 13 heteroatoms. The number of alkyl halides is 3. The molecule has 2 heterocycles. The van der Waals surface area contributed by atoms with Crippen LogP contribution in [0.5, 0.6) is 17.2 Å². The van der Waals surface area contributed by atoms with Crippen molar-refractivity contribution in [2.24, 2.45) is 0 Å². The minimum atomic E-state index is -4.83. The smallest absolute Gasteiger partial charge is 0.457 e. The number of anilines is 1. The van der Waals surface area contributed by atoms with Crippen molar-refractivity contribution in [1.29, 1.82) is 0 Å². The maximum absolute atomic E-state index is 12.8. The zero-order valence-electron chi connectivity index (χ0n) is 19.7. The minimum Gasteiger partial charge on any atom is -0.457 e. The number of rotatable bonds is 6. The van der Waals surface area contributed by atoms with Crippen molar-refractivity contribution in [3.8, 4) is 17.2 Å². The van der Waals surface area contributed by atoms with Crippen LogP contribution in [0.25, 0.3) is 11.0 Å². The highest BCUT2D eigenvalue weighted by Crippen LogP contribution is 2.26. The van der Waals surface area contributed by atoms with Crippen LogP contribution in [0.1, 0.15) is 20.8 Å². The first-order valence-corrected chi connectivity index (χ1v) is 10.6. The third-order valence-corrected chi connectivity index (χ3v) is 4.95. The highest BCUT2D eigenvalue weighted by molar-refractivity contribution is 6.05. The minimum absolute atomic E-state index is 0.0342. The number of carbonyl (C=O) groups excluding carboxylic acids is 2. The normalized spacial score (nSPS) is 11.2. The molecule has 0 bridgehead atoms. The van der Waals surface area contributed by atoms with Gasteiger partial charge in [0.2, 0.25) is 0 Å². The lowest BCUT2D eigenvalue weighted by molar-refractivity contribution is -0.274. The lowest BCUT2D eigenvalue weighted by Gasteiger charge is -2.15. The molecule has 0 aliphatic carbocycles. The second kappa shape index (κ2) is 10.0. The maximum Gasteiger partial charge on any atom is 0.573 e. The van der Waals surface area contributed by atoms with Crippen LogP contribution in [0.4, 0.5) is 19.1 Å². The van der Waals surface area contributed by atoms with Crippen molar-refractivity contribution >= 4 is 28.8 Å². The van der Waals surface area contributed by atoms with Crippen molar-refractivity contribution in [2.75, 3.05) is 26.0 Å². The molecule has 0 saturated carbocycles. The number of pyridine rings is 1.